The highest BCUT2D eigenvalue weighted by molar-refractivity contribution is 6.08. The summed E-state index contributed by atoms with van der Waals surface area (Å²) in [7, 11) is 0. The van der Waals surface area contributed by atoms with Crippen molar-refractivity contribution in [3.8, 4) is 0 Å². The summed E-state index contributed by atoms with van der Waals surface area (Å²) in [4.78, 5) is 40.9. The summed E-state index contributed by atoms with van der Waals surface area (Å²) in [6, 6.07) is 8.10. The van der Waals surface area contributed by atoms with Crippen LogP contribution in [-0.4, -0.2) is 15.3 Å². The number of carbonyl (C=O) groups excluding carboxylic acids is 1. The molecule has 1 aromatic heterocycles. The number of nitrogens with zero attached hydrogens (tertiary/aromatic N) is 1. The minimum Gasteiger partial charge on any atom is -0.303 e. The fourth-order valence-corrected chi connectivity index (χ4v) is 3.41. The van der Waals surface area contributed by atoms with Gasteiger partial charge in [-0.3, -0.25) is 14.2 Å². The van der Waals surface area contributed by atoms with Gasteiger partial charge in [-0.25, -0.2) is 13.6 Å². The Hall–Kier alpha value is -3.35. The molecule has 0 aliphatic heterocycles. The number of ketones is 1. The van der Waals surface area contributed by atoms with E-state index >= 15 is 0 Å². The maximum Gasteiger partial charge on any atom is 0.329 e. The van der Waals surface area contributed by atoms with Crippen molar-refractivity contribution in [3.63, 3.8) is 0 Å². The molecule has 3 rings (SSSR count). The zero-order chi connectivity index (χ0) is 21.3. The van der Waals surface area contributed by atoms with Gasteiger partial charge in [0, 0.05) is 17.2 Å². The molecule has 0 aliphatic rings. The fraction of sp³-hybridized carbons (Fsp3) is 0.227. The second-order valence-corrected chi connectivity index (χ2v) is 7.01. The van der Waals surface area contributed by atoms with Crippen molar-refractivity contribution in [2.75, 3.05) is 0 Å². The van der Waals surface area contributed by atoms with E-state index in [-0.39, 0.29) is 29.8 Å². The highest BCUT2D eigenvalue weighted by Gasteiger charge is 2.20. The lowest BCUT2D eigenvalue weighted by molar-refractivity contribution is 0.103. The lowest BCUT2D eigenvalue weighted by atomic mass is 9.99. The van der Waals surface area contributed by atoms with Crippen LogP contribution in [0.25, 0.3) is 0 Å². The molecule has 1 N–H and O–H groups in total. The molecule has 3 aromatic rings. The number of nitrogens with one attached hydrogen (secondary N) is 1. The molecule has 0 aliphatic carbocycles. The molecule has 0 fully saturated rings. The number of aromatic nitrogens is 2. The third kappa shape index (κ3) is 4.23. The third-order valence-corrected chi connectivity index (χ3v) is 4.61. The van der Waals surface area contributed by atoms with Gasteiger partial charge < -0.3 is 4.98 Å². The topological polar surface area (TPSA) is 71.9 Å². The maximum atomic E-state index is 13.4. The Labute approximate surface area is 165 Å². The Balaban J connectivity index is 2.11. The van der Waals surface area contributed by atoms with Crippen LogP contribution in [0, 0.1) is 25.5 Å². The molecule has 7 heteroatoms. The Bertz CT molecular complexity index is 1190. The van der Waals surface area contributed by atoms with Crippen LogP contribution in [0.1, 0.15) is 45.2 Å². The summed E-state index contributed by atoms with van der Waals surface area (Å²) in [5.41, 5.74) is 0.881. The van der Waals surface area contributed by atoms with Crippen molar-refractivity contribution in [1.82, 2.24) is 9.55 Å². The van der Waals surface area contributed by atoms with E-state index in [1.807, 2.05) is 19.9 Å². The van der Waals surface area contributed by atoms with Crippen LogP contribution in [0.3, 0.4) is 0 Å². The number of hydrogen-bond acceptors (Lipinski definition) is 3. The van der Waals surface area contributed by atoms with Gasteiger partial charge in [-0.2, -0.15) is 0 Å². The van der Waals surface area contributed by atoms with Gasteiger partial charge in [0.05, 0.1) is 12.2 Å². The predicted octanol–water partition coefficient (Wildman–Crippen LogP) is 3.27. The van der Waals surface area contributed by atoms with Gasteiger partial charge in [0.25, 0.3) is 5.56 Å². The van der Waals surface area contributed by atoms with E-state index in [1.165, 1.54) is 0 Å². The second kappa shape index (κ2) is 7.95. The molecule has 150 valence electrons. The first-order valence-electron chi connectivity index (χ1n) is 9.13. The summed E-state index contributed by atoms with van der Waals surface area (Å²) < 4.78 is 27.7. The molecule has 0 atom stereocenters. The van der Waals surface area contributed by atoms with Crippen LogP contribution >= 0.6 is 0 Å². The Morgan fingerprint density at radius 1 is 0.966 bits per heavy atom. The van der Waals surface area contributed by atoms with Crippen LogP contribution in [0.15, 0.2) is 46.0 Å². The van der Waals surface area contributed by atoms with Crippen LogP contribution in [0.4, 0.5) is 8.78 Å². The molecule has 0 bridgehead atoms. The molecular formula is C22H20F2N2O3. The fourth-order valence-electron chi connectivity index (χ4n) is 3.41. The number of H-pyrrole nitrogens is 1. The molecule has 0 radical (unpaired) electrons. The first kappa shape index (κ1) is 20.4. The second-order valence-electron chi connectivity index (χ2n) is 7.01. The Kier molecular flexibility index (Phi) is 5.59. The van der Waals surface area contributed by atoms with E-state index in [0.717, 1.165) is 27.8 Å². The lowest BCUT2D eigenvalue weighted by Crippen LogP contribution is -2.40. The van der Waals surface area contributed by atoms with Crippen molar-refractivity contribution in [2.24, 2.45) is 0 Å². The van der Waals surface area contributed by atoms with Crippen molar-refractivity contribution >= 4 is 5.78 Å². The minimum atomic E-state index is -0.815. The van der Waals surface area contributed by atoms with E-state index in [2.05, 4.69) is 4.98 Å². The molecule has 2 aromatic carbocycles. The molecule has 5 nitrogen and oxygen atoms in total. The van der Waals surface area contributed by atoms with Gasteiger partial charge in [-0.15, -0.1) is 0 Å². The summed E-state index contributed by atoms with van der Waals surface area (Å²) >= 11 is 0. The molecular weight excluding hydrogens is 378 g/mol. The molecule has 0 amide bonds. The minimum absolute atomic E-state index is 0.0610. The van der Waals surface area contributed by atoms with Gasteiger partial charge in [0.15, 0.2) is 0 Å². The van der Waals surface area contributed by atoms with Gasteiger partial charge in [-0.1, -0.05) is 24.1 Å². The van der Waals surface area contributed by atoms with Crippen LogP contribution < -0.4 is 11.2 Å². The SMILES string of the molecule is CCc1c(C(=O)c2cc(C)cc(C)c2)[nH]c(=O)n(Cc2cc(F)cc(F)c2)c1=O. The van der Waals surface area contributed by atoms with Crippen molar-refractivity contribution < 1.29 is 13.6 Å². The molecule has 1 heterocycles. The summed E-state index contributed by atoms with van der Waals surface area (Å²) in [6.45, 7) is 5.08. The average molecular weight is 398 g/mol. The predicted molar refractivity (Wildman–Crippen MR) is 106 cm³/mol. The van der Waals surface area contributed by atoms with Crippen molar-refractivity contribution in [2.45, 2.75) is 33.7 Å². The number of halogens is 2. The number of rotatable bonds is 5. The third-order valence-electron chi connectivity index (χ3n) is 4.61. The molecule has 0 saturated carbocycles. The van der Waals surface area contributed by atoms with E-state index in [9.17, 15) is 23.2 Å². The molecule has 0 spiro atoms. The number of aromatic amines is 1. The summed E-state index contributed by atoms with van der Waals surface area (Å²) in [5, 5.41) is 0. The quantitative estimate of drug-likeness (QED) is 0.671. The molecule has 29 heavy (non-hydrogen) atoms. The first-order chi connectivity index (χ1) is 13.7. The van der Waals surface area contributed by atoms with Gasteiger partial charge in [-0.05, 0) is 50.1 Å². The van der Waals surface area contributed by atoms with Crippen LogP contribution in [0.2, 0.25) is 0 Å². The average Bonchev–Trinajstić information content (AvgIpc) is 2.62. The van der Waals surface area contributed by atoms with E-state index < -0.39 is 28.7 Å². The van der Waals surface area contributed by atoms with E-state index in [1.54, 1.807) is 19.1 Å². The van der Waals surface area contributed by atoms with Crippen molar-refractivity contribution in [3.05, 3.63) is 102 Å². The zero-order valence-electron chi connectivity index (χ0n) is 16.3. The largest absolute Gasteiger partial charge is 0.329 e. The highest BCUT2D eigenvalue weighted by Crippen LogP contribution is 2.14. The standard InChI is InChI=1S/C22H20F2N2O3/c1-4-18-19(20(27)15-6-12(2)5-13(3)7-15)25-22(29)26(21(18)28)11-14-8-16(23)10-17(24)9-14/h5-10H,4,11H2,1-3H3,(H,25,29). The molecule has 0 unspecified atom stereocenters. The first-order valence-corrected chi connectivity index (χ1v) is 9.13. The van der Waals surface area contributed by atoms with E-state index in [4.69, 9.17) is 0 Å². The summed E-state index contributed by atoms with van der Waals surface area (Å²) in [6.07, 6.45) is 0.207. The van der Waals surface area contributed by atoms with Gasteiger partial charge in [0.2, 0.25) is 5.78 Å². The Morgan fingerprint density at radius 3 is 2.10 bits per heavy atom. The van der Waals surface area contributed by atoms with Crippen LogP contribution in [-0.2, 0) is 13.0 Å². The Morgan fingerprint density at radius 2 is 1.55 bits per heavy atom. The van der Waals surface area contributed by atoms with Crippen molar-refractivity contribution in [1.29, 1.82) is 0 Å². The smallest absolute Gasteiger partial charge is 0.303 e. The highest BCUT2D eigenvalue weighted by atomic mass is 19.1. The number of carbonyl (C=O) groups is 1. The number of benzene rings is 2. The monoisotopic (exact) mass is 398 g/mol. The lowest BCUT2D eigenvalue weighted by Gasteiger charge is -2.12. The number of aryl methyl sites for hydroxylation is 2. The molecule has 0 saturated heterocycles. The van der Waals surface area contributed by atoms with Crippen LogP contribution in [0.5, 0.6) is 0 Å². The van der Waals surface area contributed by atoms with Gasteiger partial charge >= 0.3 is 5.69 Å². The normalized spacial score (nSPS) is 10.9. The number of hydrogen-bond donors (Lipinski definition) is 1. The zero-order valence-corrected chi connectivity index (χ0v) is 16.3. The van der Waals surface area contributed by atoms with Gasteiger partial charge in [0.1, 0.15) is 11.6 Å². The maximum absolute atomic E-state index is 13.4. The summed E-state index contributed by atoms with van der Waals surface area (Å²) in [5.74, 6) is -2.06. The van der Waals surface area contributed by atoms with E-state index in [0.29, 0.717) is 11.6 Å².